The lowest BCUT2D eigenvalue weighted by atomic mass is 10.2. The number of thiophene rings is 1. The number of aryl methyl sites for hydroxylation is 1. The van der Waals surface area contributed by atoms with Gasteiger partial charge in [-0.15, -0.1) is 11.3 Å². The predicted octanol–water partition coefficient (Wildman–Crippen LogP) is 3.08. The molecule has 3 N–H and O–H groups in total. The van der Waals surface area contributed by atoms with Crippen LogP contribution in [0.1, 0.15) is 5.56 Å². The number of hydrazine groups is 1. The molecule has 19 heavy (non-hydrogen) atoms. The molecule has 2 heterocycles. The zero-order valence-corrected chi connectivity index (χ0v) is 11.1. The Morgan fingerprint density at radius 3 is 2.95 bits per heavy atom. The van der Waals surface area contributed by atoms with Gasteiger partial charge in [0.2, 0.25) is 11.8 Å². The van der Waals surface area contributed by atoms with E-state index in [-0.39, 0.29) is 0 Å². The van der Waals surface area contributed by atoms with Crippen LogP contribution in [0, 0.1) is 6.92 Å². The third kappa shape index (κ3) is 2.35. The lowest BCUT2D eigenvalue weighted by Crippen LogP contribution is -2.10. The maximum Gasteiger partial charge on any atom is 0.241 e. The molecule has 0 aliphatic heterocycles. The molecule has 0 aliphatic rings. The highest BCUT2D eigenvalue weighted by Crippen LogP contribution is 2.31. The van der Waals surface area contributed by atoms with Gasteiger partial charge < -0.3 is 4.74 Å². The van der Waals surface area contributed by atoms with Crippen LogP contribution in [-0.4, -0.2) is 9.97 Å². The summed E-state index contributed by atoms with van der Waals surface area (Å²) in [6.07, 6.45) is 0. The van der Waals surface area contributed by atoms with Gasteiger partial charge in [0.05, 0.1) is 5.39 Å². The number of aromatic nitrogens is 2. The van der Waals surface area contributed by atoms with Gasteiger partial charge in [0.1, 0.15) is 10.6 Å². The fourth-order valence-electron chi connectivity index (χ4n) is 1.76. The minimum atomic E-state index is 0.345. The van der Waals surface area contributed by atoms with Gasteiger partial charge in [-0.3, -0.25) is 5.43 Å². The molecule has 5 nitrogen and oxygen atoms in total. The molecule has 0 atom stereocenters. The zero-order chi connectivity index (χ0) is 13.2. The average molecular weight is 272 g/mol. The zero-order valence-electron chi connectivity index (χ0n) is 10.3. The van der Waals surface area contributed by atoms with Crippen molar-refractivity contribution in [3.63, 3.8) is 0 Å². The summed E-state index contributed by atoms with van der Waals surface area (Å²) in [5, 5.41) is 2.83. The number of nitrogens with zero attached hydrogens (tertiary/aromatic N) is 2. The van der Waals surface area contributed by atoms with Crippen molar-refractivity contribution in [1.82, 2.24) is 9.97 Å². The molecule has 0 spiro atoms. The number of anilines is 1. The van der Waals surface area contributed by atoms with Crippen LogP contribution in [0.3, 0.4) is 0 Å². The van der Waals surface area contributed by atoms with Gasteiger partial charge in [0.15, 0.2) is 0 Å². The Balaban J connectivity index is 2.06. The number of nitrogens with two attached hydrogens (primary N) is 1. The molecule has 96 valence electrons. The Labute approximate surface area is 114 Å². The van der Waals surface area contributed by atoms with Crippen LogP contribution in [0.4, 0.5) is 5.95 Å². The van der Waals surface area contributed by atoms with Crippen molar-refractivity contribution in [3.8, 4) is 11.6 Å². The second-order valence-electron chi connectivity index (χ2n) is 4.05. The number of nitrogens with one attached hydrogen (secondary N) is 1. The molecule has 0 fully saturated rings. The molecule has 0 unspecified atom stereocenters. The van der Waals surface area contributed by atoms with Gasteiger partial charge in [-0.25, -0.2) is 10.8 Å². The van der Waals surface area contributed by atoms with E-state index in [0.29, 0.717) is 11.8 Å². The maximum atomic E-state index is 5.83. The molecular formula is C13H12N4OS. The first kappa shape index (κ1) is 11.9. The monoisotopic (exact) mass is 272 g/mol. The van der Waals surface area contributed by atoms with E-state index in [1.54, 1.807) is 0 Å². The molecule has 3 rings (SSSR count). The van der Waals surface area contributed by atoms with Crippen LogP contribution < -0.4 is 16.0 Å². The van der Waals surface area contributed by atoms with E-state index in [1.807, 2.05) is 42.6 Å². The van der Waals surface area contributed by atoms with Crippen molar-refractivity contribution < 1.29 is 4.74 Å². The molecule has 0 aliphatic carbocycles. The highest BCUT2D eigenvalue weighted by Gasteiger charge is 2.10. The van der Waals surface area contributed by atoms with Gasteiger partial charge >= 0.3 is 0 Å². The van der Waals surface area contributed by atoms with Crippen LogP contribution in [-0.2, 0) is 0 Å². The van der Waals surface area contributed by atoms with Gasteiger partial charge in [-0.1, -0.05) is 12.1 Å². The van der Waals surface area contributed by atoms with E-state index >= 15 is 0 Å². The summed E-state index contributed by atoms with van der Waals surface area (Å²) in [6, 6.07) is 9.74. The summed E-state index contributed by atoms with van der Waals surface area (Å²) in [6.45, 7) is 2.01. The molecule has 0 amide bonds. The number of rotatable bonds is 3. The summed E-state index contributed by atoms with van der Waals surface area (Å²) in [7, 11) is 0. The molecule has 0 saturated heterocycles. The maximum absolute atomic E-state index is 5.83. The Bertz CT molecular complexity index is 725. The van der Waals surface area contributed by atoms with Crippen LogP contribution in [0.5, 0.6) is 11.6 Å². The van der Waals surface area contributed by atoms with E-state index in [0.717, 1.165) is 21.5 Å². The van der Waals surface area contributed by atoms with Gasteiger partial charge in [-0.05, 0) is 36.1 Å². The van der Waals surface area contributed by atoms with Crippen LogP contribution in [0.25, 0.3) is 10.2 Å². The number of nitrogen functional groups attached to an aromatic ring is 1. The topological polar surface area (TPSA) is 73.1 Å². The number of hydrogen-bond acceptors (Lipinski definition) is 6. The van der Waals surface area contributed by atoms with Crippen LogP contribution in [0.15, 0.2) is 35.7 Å². The minimum absolute atomic E-state index is 0.345. The summed E-state index contributed by atoms with van der Waals surface area (Å²) >= 11 is 1.52. The van der Waals surface area contributed by atoms with Crippen molar-refractivity contribution in [3.05, 3.63) is 41.3 Å². The van der Waals surface area contributed by atoms with Gasteiger partial charge in [0.25, 0.3) is 0 Å². The molecule has 3 aromatic rings. The second-order valence-corrected chi connectivity index (χ2v) is 4.95. The van der Waals surface area contributed by atoms with Crippen molar-refractivity contribution >= 4 is 27.5 Å². The van der Waals surface area contributed by atoms with E-state index in [4.69, 9.17) is 10.6 Å². The first-order chi connectivity index (χ1) is 9.26. The Morgan fingerprint density at radius 1 is 1.26 bits per heavy atom. The number of ether oxygens (including phenoxy) is 1. The fraction of sp³-hybridized carbons (Fsp3) is 0.0769. The molecule has 2 aromatic heterocycles. The molecular weight excluding hydrogens is 260 g/mol. The van der Waals surface area contributed by atoms with E-state index in [2.05, 4.69) is 15.4 Å². The smallest absolute Gasteiger partial charge is 0.241 e. The second kappa shape index (κ2) is 4.83. The third-order valence-corrected chi connectivity index (χ3v) is 3.43. The molecule has 0 saturated carbocycles. The summed E-state index contributed by atoms with van der Waals surface area (Å²) in [5.41, 5.74) is 3.58. The standard InChI is InChI=1S/C13H12N4OS/c1-8-3-2-4-9(7-8)18-11-10-5-6-19-12(10)16-13(15-11)17-14/h2-7H,14H2,1H3,(H,15,16,17). The Morgan fingerprint density at radius 2 is 2.16 bits per heavy atom. The SMILES string of the molecule is Cc1cccc(Oc2nc(NN)nc3sccc23)c1. The quantitative estimate of drug-likeness (QED) is 0.566. The number of fused-ring (bicyclic) bond motifs is 1. The minimum Gasteiger partial charge on any atom is -0.438 e. The van der Waals surface area contributed by atoms with Crippen molar-refractivity contribution in [2.45, 2.75) is 6.92 Å². The van der Waals surface area contributed by atoms with E-state index in [1.165, 1.54) is 11.3 Å². The predicted molar refractivity (Wildman–Crippen MR) is 76.5 cm³/mol. The lowest BCUT2D eigenvalue weighted by molar-refractivity contribution is 0.469. The molecule has 6 heteroatoms. The molecule has 1 aromatic carbocycles. The summed E-state index contributed by atoms with van der Waals surface area (Å²) in [4.78, 5) is 9.36. The number of benzene rings is 1. The Kier molecular flexibility index (Phi) is 3.02. The van der Waals surface area contributed by atoms with Gasteiger partial charge in [0, 0.05) is 0 Å². The summed E-state index contributed by atoms with van der Waals surface area (Å²) in [5.74, 6) is 6.96. The Hall–Kier alpha value is -2.18. The van der Waals surface area contributed by atoms with Crippen LogP contribution in [0.2, 0.25) is 0 Å². The van der Waals surface area contributed by atoms with Crippen LogP contribution >= 0.6 is 11.3 Å². The summed E-state index contributed by atoms with van der Waals surface area (Å²) < 4.78 is 5.83. The molecule has 0 bridgehead atoms. The molecule has 0 radical (unpaired) electrons. The van der Waals surface area contributed by atoms with E-state index in [9.17, 15) is 0 Å². The van der Waals surface area contributed by atoms with Gasteiger partial charge in [-0.2, -0.15) is 4.98 Å². The van der Waals surface area contributed by atoms with E-state index < -0.39 is 0 Å². The first-order valence-electron chi connectivity index (χ1n) is 5.72. The van der Waals surface area contributed by atoms with Crippen molar-refractivity contribution in [1.29, 1.82) is 0 Å². The fourth-order valence-corrected chi connectivity index (χ4v) is 2.52. The number of hydrogen-bond donors (Lipinski definition) is 2. The first-order valence-corrected chi connectivity index (χ1v) is 6.60. The highest BCUT2D eigenvalue weighted by atomic mass is 32.1. The highest BCUT2D eigenvalue weighted by molar-refractivity contribution is 7.16. The third-order valence-electron chi connectivity index (χ3n) is 2.62. The van der Waals surface area contributed by atoms with Crippen molar-refractivity contribution in [2.24, 2.45) is 5.84 Å². The average Bonchev–Trinajstić information content (AvgIpc) is 2.87. The largest absolute Gasteiger partial charge is 0.438 e. The normalized spacial score (nSPS) is 10.6. The van der Waals surface area contributed by atoms with Crippen molar-refractivity contribution in [2.75, 3.05) is 5.43 Å². The lowest BCUT2D eigenvalue weighted by Gasteiger charge is -2.08.